The van der Waals surface area contributed by atoms with Gasteiger partial charge in [0.1, 0.15) is 11.3 Å². The van der Waals surface area contributed by atoms with Gasteiger partial charge in [-0.05, 0) is 63.7 Å². The summed E-state index contributed by atoms with van der Waals surface area (Å²) in [5.41, 5.74) is -1.04. The largest absolute Gasteiger partial charge is 0.463 e. The van der Waals surface area contributed by atoms with Crippen LogP contribution in [0.15, 0.2) is 37.1 Å². The first-order valence-corrected chi connectivity index (χ1v) is 13.9. The maximum absolute atomic E-state index is 16.7. The van der Waals surface area contributed by atoms with Crippen molar-refractivity contribution in [1.29, 1.82) is 0 Å². The van der Waals surface area contributed by atoms with E-state index in [0.29, 0.717) is 22.9 Å². The number of amides is 1. The van der Waals surface area contributed by atoms with Crippen molar-refractivity contribution < 1.29 is 27.1 Å². The molecule has 9 nitrogen and oxygen atoms in total. The normalized spacial score (nSPS) is 16.0. The molecule has 1 saturated heterocycles. The van der Waals surface area contributed by atoms with Crippen molar-refractivity contribution in [2.75, 3.05) is 51.8 Å². The third kappa shape index (κ3) is 5.85. The van der Waals surface area contributed by atoms with E-state index >= 15 is 4.39 Å². The number of carbonyl (C=O) groups is 1. The molecule has 0 radical (unpaired) electrons. The molecular formula is C30H33F4N7O2. The van der Waals surface area contributed by atoms with Gasteiger partial charge in [0.15, 0.2) is 5.82 Å². The molecule has 1 N–H and O–H groups in total. The maximum atomic E-state index is 16.7. The summed E-state index contributed by atoms with van der Waals surface area (Å²) in [5, 5.41) is 6.98. The van der Waals surface area contributed by atoms with Crippen molar-refractivity contribution in [3.8, 4) is 17.1 Å². The molecule has 1 aliphatic heterocycles. The molecule has 1 unspecified atom stereocenters. The van der Waals surface area contributed by atoms with Gasteiger partial charge >= 0.3 is 12.2 Å². The molecule has 2 aromatic carbocycles. The predicted octanol–water partition coefficient (Wildman–Crippen LogP) is 5.19. The minimum atomic E-state index is -4.90. The summed E-state index contributed by atoms with van der Waals surface area (Å²) >= 11 is 0. The number of H-pyrrole nitrogens is 1. The van der Waals surface area contributed by atoms with Gasteiger partial charge in [-0.3, -0.25) is 9.89 Å². The van der Waals surface area contributed by atoms with E-state index in [1.54, 1.807) is 28.9 Å². The van der Waals surface area contributed by atoms with Gasteiger partial charge in [0.05, 0.1) is 23.9 Å². The molecule has 1 fully saturated rings. The number of anilines is 1. The number of piperazine rings is 1. The molecular weight excluding hydrogens is 566 g/mol. The Kier molecular flexibility index (Phi) is 8.28. The number of halogens is 4. The van der Waals surface area contributed by atoms with Crippen molar-refractivity contribution in [2.24, 2.45) is 0 Å². The molecule has 3 heterocycles. The zero-order valence-electron chi connectivity index (χ0n) is 24.4. The van der Waals surface area contributed by atoms with E-state index in [1.165, 1.54) is 12.3 Å². The number of hydrogen-bond donors (Lipinski definition) is 1. The van der Waals surface area contributed by atoms with Crippen molar-refractivity contribution in [3.05, 3.63) is 54.0 Å². The monoisotopic (exact) mass is 599 g/mol. The topological polar surface area (TPSA) is 90.5 Å². The summed E-state index contributed by atoms with van der Waals surface area (Å²) in [4.78, 5) is 26.5. The summed E-state index contributed by atoms with van der Waals surface area (Å²) in [6.45, 7) is 8.74. The van der Waals surface area contributed by atoms with Gasteiger partial charge in [-0.25, -0.2) is 4.39 Å². The molecule has 0 aliphatic carbocycles. The Morgan fingerprint density at radius 3 is 2.65 bits per heavy atom. The van der Waals surface area contributed by atoms with E-state index in [9.17, 15) is 18.0 Å². The number of nitrogens with one attached hydrogen (secondary N) is 1. The van der Waals surface area contributed by atoms with Gasteiger partial charge in [0, 0.05) is 48.6 Å². The summed E-state index contributed by atoms with van der Waals surface area (Å²) < 4.78 is 66.7. The third-order valence-corrected chi connectivity index (χ3v) is 7.64. The number of benzene rings is 2. The Morgan fingerprint density at radius 2 is 1.98 bits per heavy atom. The number of aromatic amines is 1. The van der Waals surface area contributed by atoms with Gasteiger partial charge in [-0.1, -0.05) is 12.6 Å². The van der Waals surface area contributed by atoms with Gasteiger partial charge in [-0.2, -0.15) is 28.2 Å². The lowest BCUT2D eigenvalue weighted by atomic mass is 9.91. The Balaban J connectivity index is 1.72. The van der Waals surface area contributed by atoms with Crippen LogP contribution in [0, 0.1) is 12.7 Å². The van der Waals surface area contributed by atoms with Crippen LogP contribution in [0.4, 0.5) is 23.4 Å². The molecule has 4 aromatic rings. The van der Waals surface area contributed by atoms with Crippen LogP contribution >= 0.6 is 0 Å². The summed E-state index contributed by atoms with van der Waals surface area (Å²) in [6, 6.07) is 3.78. The smallest absolute Gasteiger partial charge is 0.417 e. The average molecular weight is 600 g/mol. The lowest BCUT2D eigenvalue weighted by molar-refractivity contribution is -0.137. The van der Waals surface area contributed by atoms with Crippen LogP contribution in [-0.4, -0.2) is 88.8 Å². The molecule has 1 atom stereocenters. The minimum Gasteiger partial charge on any atom is -0.463 e. The van der Waals surface area contributed by atoms with Gasteiger partial charge in [-0.15, -0.1) is 0 Å². The number of alkyl halides is 3. The van der Waals surface area contributed by atoms with Crippen molar-refractivity contribution in [1.82, 2.24) is 30.0 Å². The number of aryl methyl sites for hydroxylation is 1. The van der Waals surface area contributed by atoms with Crippen molar-refractivity contribution in [3.63, 3.8) is 0 Å². The predicted molar refractivity (Wildman–Crippen MR) is 157 cm³/mol. The molecule has 228 valence electrons. The van der Waals surface area contributed by atoms with Gasteiger partial charge in [0.2, 0.25) is 5.91 Å². The van der Waals surface area contributed by atoms with Crippen LogP contribution in [0.5, 0.6) is 6.01 Å². The first kappa shape index (κ1) is 30.2. The fourth-order valence-corrected chi connectivity index (χ4v) is 5.56. The second kappa shape index (κ2) is 11.8. The highest BCUT2D eigenvalue weighted by molar-refractivity contribution is 6.02. The number of nitrogens with zero attached hydrogens (tertiary/aromatic N) is 6. The summed E-state index contributed by atoms with van der Waals surface area (Å²) in [7, 11) is 3.83. The lowest BCUT2D eigenvalue weighted by Gasteiger charge is -2.40. The Hall–Kier alpha value is -4.26. The van der Waals surface area contributed by atoms with E-state index in [0.717, 1.165) is 12.6 Å². The van der Waals surface area contributed by atoms with E-state index in [1.807, 2.05) is 25.9 Å². The number of ether oxygens (including phenoxy) is 1. The standard InChI is InChI=1S/C30H33F4N7O2/c1-6-23(42)41-12-11-40(16-18(41)3)28-19-14-21(30(32,33)34)25(24-17(2)8-9-22-20(24)15-35-38-22)26(31)27(19)36-29(37-28)43-13-7-10-39(4)5/h6,8-9,14-15,18H,1,7,10-13,16H2,2-5H3,(H,35,38). The quantitative estimate of drug-likeness (QED) is 0.169. The van der Waals surface area contributed by atoms with Crippen LogP contribution in [0.3, 0.4) is 0 Å². The molecule has 2 aromatic heterocycles. The molecule has 13 heteroatoms. The first-order chi connectivity index (χ1) is 20.4. The second-order valence-electron chi connectivity index (χ2n) is 11.0. The first-order valence-electron chi connectivity index (χ1n) is 13.9. The highest BCUT2D eigenvalue weighted by Crippen LogP contribution is 2.46. The molecule has 0 saturated carbocycles. The number of hydrogen-bond acceptors (Lipinski definition) is 7. The highest BCUT2D eigenvalue weighted by Gasteiger charge is 2.39. The maximum Gasteiger partial charge on any atom is 0.417 e. The van der Waals surface area contributed by atoms with Crippen LogP contribution in [0.2, 0.25) is 0 Å². The van der Waals surface area contributed by atoms with E-state index < -0.39 is 23.1 Å². The van der Waals surface area contributed by atoms with Crippen molar-refractivity contribution in [2.45, 2.75) is 32.5 Å². The molecule has 1 aliphatic rings. The number of rotatable bonds is 8. The van der Waals surface area contributed by atoms with E-state index in [-0.39, 0.29) is 66.5 Å². The number of carbonyl (C=O) groups excluding carboxylic acids is 1. The van der Waals surface area contributed by atoms with Crippen LogP contribution in [-0.2, 0) is 11.0 Å². The Morgan fingerprint density at radius 1 is 1.21 bits per heavy atom. The van der Waals surface area contributed by atoms with Gasteiger partial charge in [0.25, 0.3) is 0 Å². The highest BCUT2D eigenvalue weighted by atomic mass is 19.4. The Labute approximate surface area is 246 Å². The van der Waals surface area contributed by atoms with Crippen LogP contribution < -0.4 is 9.64 Å². The molecule has 5 rings (SSSR count). The van der Waals surface area contributed by atoms with Crippen LogP contribution in [0.25, 0.3) is 32.9 Å². The number of aromatic nitrogens is 4. The number of fused-ring (bicyclic) bond motifs is 2. The molecule has 1 amide bonds. The molecule has 0 bridgehead atoms. The van der Waals surface area contributed by atoms with Gasteiger partial charge < -0.3 is 19.4 Å². The molecule has 0 spiro atoms. The van der Waals surface area contributed by atoms with Crippen molar-refractivity contribution >= 4 is 33.5 Å². The zero-order chi connectivity index (χ0) is 31.1. The second-order valence-corrected chi connectivity index (χ2v) is 11.0. The average Bonchev–Trinajstić information content (AvgIpc) is 3.43. The fraction of sp³-hybridized carbons (Fsp3) is 0.400. The minimum absolute atomic E-state index is 0.0803. The lowest BCUT2D eigenvalue weighted by Crippen LogP contribution is -2.54. The third-order valence-electron chi connectivity index (χ3n) is 7.64. The zero-order valence-corrected chi connectivity index (χ0v) is 24.4. The van der Waals surface area contributed by atoms with E-state index in [4.69, 9.17) is 4.74 Å². The fourth-order valence-electron chi connectivity index (χ4n) is 5.56. The van der Waals surface area contributed by atoms with E-state index in [2.05, 4.69) is 26.7 Å². The summed E-state index contributed by atoms with van der Waals surface area (Å²) in [5.74, 6) is -1.26. The molecule has 43 heavy (non-hydrogen) atoms. The SMILES string of the molecule is C=CC(=O)N1CCN(c2nc(OCCCN(C)C)nc3c(F)c(-c4c(C)ccc5[nH]ncc45)c(C(F)(F)F)cc23)CC1C. The summed E-state index contributed by atoms with van der Waals surface area (Å²) in [6.07, 6.45) is -1.66. The van der Waals surface area contributed by atoms with Crippen LogP contribution in [0.1, 0.15) is 24.5 Å². The Bertz CT molecular complexity index is 1690.